The maximum atomic E-state index is 11.0. The fraction of sp³-hybridized carbons (Fsp3) is 0.833. The molecule has 0 aliphatic heterocycles. The molecule has 1 saturated carbocycles. The highest BCUT2D eigenvalue weighted by molar-refractivity contribution is 5.75. The lowest BCUT2D eigenvalue weighted by molar-refractivity contribution is -0.121. The Morgan fingerprint density at radius 3 is 2.19 bits per heavy atom. The van der Waals surface area contributed by atoms with Crippen LogP contribution < -0.4 is 11.5 Å². The minimum atomic E-state index is -0.287. The van der Waals surface area contributed by atoms with E-state index in [4.69, 9.17) is 11.5 Å². The first-order chi connectivity index (χ1) is 7.59. The second-order valence-electron chi connectivity index (χ2n) is 4.83. The minimum absolute atomic E-state index is 0.255. The number of hydrogen-bond donors (Lipinski definition) is 2. The van der Waals surface area contributed by atoms with Crippen molar-refractivity contribution >= 4 is 11.8 Å². The van der Waals surface area contributed by atoms with Gasteiger partial charge in [0.15, 0.2) is 0 Å². The van der Waals surface area contributed by atoms with Crippen molar-refractivity contribution in [1.29, 1.82) is 0 Å². The summed E-state index contributed by atoms with van der Waals surface area (Å²) in [6.07, 6.45) is 7.56. The molecule has 0 aromatic rings. The Hall–Kier alpha value is -1.06. The maximum absolute atomic E-state index is 11.0. The molecular weight excluding hydrogens is 204 g/mol. The fourth-order valence-electron chi connectivity index (χ4n) is 2.70. The molecule has 0 saturated heterocycles. The minimum Gasteiger partial charge on any atom is -0.370 e. The molecule has 0 radical (unpaired) electrons. The van der Waals surface area contributed by atoms with Gasteiger partial charge in [-0.3, -0.25) is 9.59 Å². The van der Waals surface area contributed by atoms with E-state index in [9.17, 15) is 9.59 Å². The van der Waals surface area contributed by atoms with Crippen molar-refractivity contribution in [2.75, 3.05) is 0 Å². The number of rotatable bonds is 6. The molecule has 1 fully saturated rings. The van der Waals surface area contributed by atoms with Crippen LogP contribution in [0.3, 0.4) is 0 Å². The third-order valence-electron chi connectivity index (χ3n) is 3.54. The summed E-state index contributed by atoms with van der Waals surface area (Å²) in [5.74, 6) is 0.260. The van der Waals surface area contributed by atoms with E-state index in [2.05, 4.69) is 0 Å². The zero-order chi connectivity index (χ0) is 12.0. The summed E-state index contributed by atoms with van der Waals surface area (Å²) in [6, 6.07) is 0. The molecule has 1 rings (SSSR count). The molecule has 4 N–H and O–H groups in total. The zero-order valence-electron chi connectivity index (χ0n) is 9.78. The van der Waals surface area contributed by atoms with E-state index in [0.717, 1.165) is 12.8 Å². The Balaban J connectivity index is 2.47. The molecule has 2 amide bonds. The van der Waals surface area contributed by atoms with Crippen LogP contribution in [0.1, 0.15) is 51.4 Å². The first-order valence-electron chi connectivity index (χ1n) is 6.16. The van der Waals surface area contributed by atoms with Gasteiger partial charge in [0.05, 0.1) is 0 Å². The van der Waals surface area contributed by atoms with Gasteiger partial charge in [-0.2, -0.15) is 0 Å². The lowest BCUT2D eigenvalue weighted by Crippen LogP contribution is -2.25. The molecule has 1 aliphatic rings. The summed E-state index contributed by atoms with van der Waals surface area (Å²) in [5, 5.41) is 0. The van der Waals surface area contributed by atoms with Crippen molar-refractivity contribution in [3.63, 3.8) is 0 Å². The van der Waals surface area contributed by atoms with Crippen LogP contribution in [0.2, 0.25) is 0 Å². The van der Waals surface area contributed by atoms with E-state index in [0.29, 0.717) is 25.2 Å². The van der Waals surface area contributed by atoms with Gasteiger partial charge in [-0.1, -0.05) is 32.1 Å². The van der Waals surface area contributed by atoms with E-state index in [1.807, 2.05) is 0 Å². The average molecular weight is 226 g/mol. The molecule has 1 aliphatic carbocycles. The molecule has 16 heavy (non-hydrogen) atoms. The zero-order valence-corrected chi connectivity index (χ0v) is 9.78. The summed E-state index contributed by atoms with van der Waals surface area (Å²) in [6.45, 7) is 0. The van der Waals surface area contributed by atoms with Crippen molar-refractivity contribution < 1.29 is 9.59 Å². The predicted octanol–water partition coefficient (Wildman–Crippen LogP) is 1.32. The van der Waals surface area contributed by atoms with Crippen LogP contribution in [0, 0.1) is 11.8 Å². The summed E-state index contributed by atoms with van der Waals surface area (Å²) in [5.41, 5.74) is 10.4. The second-order valence-corrected chi connectivity index (χ2v) is 4.83. The van der Waals surface area contributed by atoms with E-state index in [-0.39, 0.29) is 17.7 Å². The summed E-state index contributed by atoms with van der Waals surface area (Å²) < 4.78 is 0. The largest absolute Gasteiger partial charge is 0.370 e. The van der Waals surface area contributed by atoms with E-state index >= 15 is 0 Å². The molecule has 0 bridgehead atoms. The molecule has 1 atom stereocenters. The Labute approximate surface area is 96.8 Å². The van der Waals surface area contributed by atoms with Crippen molar-refractivity contribution in [1.82, 2.24) is 0 Å². The van der Waals surface area contributed by atoms with Gasteiger partial charge in [0.1, 0.15) is 0 Å². The molecule has 0 spiro atoms. The number of primary amides is 2. The maximum Gasteiger partial charge on any atom is 0.217 e. The van der Waals surface area contributed by atoms with E-state index in [1.165, 1.54) is 19.3 Å². The number of amides is 2. The van der Waals surface area contributed by atoms with Crippen LogP contribution in [-0.2, 0) is 9.59 Å². The first-order valence-corrected chi connectivity index (χ1v) is 6.16. The van der Waals surface area contributed by atoms with Crippen LogP contribution in [0.15, 0.2) is 0 Å². The van der Waals surface area contributed by atoms with Crippen molar-refractivity contribution in [3.05, 3.63) is 0 Å². The molecule has 1 unspecified atom stereocenters. The smallest absolute Gasteiger partial charge is 0.217 e. The molecule has 0 heterocycles. The highest BCUT2D eigenvalue weighted by Crippen LogP contribution is 2.34. The lowest BCUT2D eigenvalue weighted by atomic mass is 9.76. The fourth-order valence-corrected chi connectivity index (χ4v) is 2.70. The normalized spacial score (nSPS) is 19.2. The standard InChI is InChI=1S/C12H22N2O2/c13-11(15)7-6-10(8-12(14)16)9-4-2-1-3-5-9/h9-10H,1-8H2,(H2,13,15)(H2,14,16). The quantitative estimate of drug-likeness (QED) is 0.715. The Morgan fingerprint density at radius 2 is 1.69 bits per heavy atom. The predicted molar refractivity (Wildman–Crippen MR) is 62.3 cm³/mol. The Morgan fingerprint density at radius 1 is 1.06 bits per heavy atom. The van der Waals surface area contributed by atoms with Gasteiger partial charge >= 0.3 is 0 Å². The Bertz CT molecular complexity index is 247. The molecule has 0 aromatic heterocycles. The van der Waals surface area contributed by atoms with Gasteiger partial charge < -0.3 is 11.5 Å². The van der Waals surface area contributed by atoms with E-state index in [1.54, 1.807) is 0 Å². The monoisotopic (exact) mass is 226 g/mol. The molecule has 4 heteroatoms. The summed E-state index contributed by atoms with van der Waals surface area (Å²) >= 11 is 0. The topological polar surface area (TPSA) is 86.2 Å². The van der Waals surface area contributed by atoms with Gasteiger partial charge in [0.25, 0.3) is 0 Å². The lowest BCUT2D eigenvalue weighted by Gasteiger charge is -2.29. The van der Waals surface area contributed by atoms with Gasteiger partial charge in [-0.15, -0.1) is 0 Å². The van der Waals surface area contributed by atoms with Crippen LogP contribution in [0.25, 0.3) is 0 Å². The highest BCUT2D eigenvalue weighted by atomic mass is 16.1. The van der Waals surface area contributed by atoms with E-state index < -0.39 is 0 Å². The second kappa shape index (κ2) is 6.51. The number of carbonyl (C=O) groups excluding carboxylic acids is 2. The number of carbonyl (C=O) groups is 2. The first kappa shape index (κ1) is 13.0. The average Bonchev–Trinajstić information content (AvgIpc) is 2.25. The van der Waals surface area contributed by atoms with Gasteiger partial charge in [-0.05, 0) is 18.3 Å². The van der Waals surface area contributed by atoms with Crippen LogP contribution in [-0.4, -0.2) is 11.8 Å². The van der Waals surface area contributed by atoms with Crippen LogP contribution in [0.4, 0.5) is 0 Å². The van der Waals surface area contributed by atoms with Gasteiger partial charge in [-0.25, -0.2) is 0 Å². The molecule has 92 valence electrons. The van der Waals surface area contributed by atoms with Crippen LogP contribution >= 0.6 is 0 Å². The third-order valence-corrected chi connectivity index (χ3v) is 3.54. The Kier molecular flexibility index (Phi) is 5.29. The highest BCUT2D eigenvalue weighted by Gasteiger charge is 2.25. The van der Waals surface area contributed by atoms with Crippen molar-refractivity contribution in [3.8, 4) is 0 Å². The van der Waals surface area contributed by atoms with Crippen molar-refractivity contribution in [2.45, 2.75) is 51.4 Å². The van der Waals surface area contributed by atoms with Crippen molar-refractivity contribution in [2.24, 2.45) is 23.3 Å². The van der Waals surface area contributed by atoms with Gasteiger partial charge in [0.2, 0.25) is 11.8 Å². The molecular formula is C12H22N2O2. The number of hydrogen-bond acceptors (Lipinski definition) is 2. The molecule has 4 nitrogen and oxygen atoms in total. The third kappa shape index (κ3) is 4.64. The van der Waals surface area contributed by atoms with Gasteiger partial charge in [0, 0.05) is 12.8 Å². The summed E-state index contributed by atoms with van der Waals surface area (Å²) in [4.78, 5) is 21.8. The summed E-state index contributed by atoms with van der Waals surface area (Å²) in [7, 11) is 0. The van der Waals surface area contributed by atoms with Crippen LogP contribution in [0.5, 0.6) is 0 Å². The SMILES string of the molecule is NC(=O)CCC(CC(N)=O)C1CCCCC1. The number of nitrogens with two attached hydrogens (primary N) is 2. The molecule has 0 aromatic carbocycles.